The Morgan fingerprint density at radius 1 is 1.17 bits per heavy atom. The Balaban J connectivity index is 1.76. The molecule has 0 bridgehead atoms. The van der Waals surface area contributed by atoms with Gasteiger partial charge in [-0.05, 0) is 57.7 Å². The summed E-state index contributed by atoms with van der Waals surface area (Å²) in [7, 11) is 0. The van der Waals surface area contributed by atoms with Crippen LogP contribution >= 0.6 is 0 Å². The van der Waals surface area contributed by atoms with Gasteiger partial charge in [-0.15, -0.1) is 0 Å². The molecule has 5 heteroatoms. The lowest BCUT2D eigenvalue weighted by Gasteiger charge is -2.23. The molecule has 0 N–H and O–H groups in total. The van der Waals surface area contributed by atoms with E-state index < -0.39 is 11.7 Å². The van der Waals surface area contributed by atoms with Crippen molar-refractivity contribution in [2.24, 2.45) is 0 Å². The fraction of sp³-hybridized carbons (Fsp3) is 0.600. The number of aryl methyl sites for hydroxylation is 2. The molecule has 1 atom stereocenters. The number of likely N-dealkylation sites (tertiary alicyclic amines) is 1. The molecule has 30 heavy (non-hydrogen) atoms. The van der Waals surface area contributed by atoms with E-state index in [1.807, 2.05) is 26.8 Å². The van der Waals surface area contributed by atoms with Gasteiger partial charge >= 0.3 is 6.09 Å². The topological polar surface area (TPSA) is 51.5 Å². The Hall–Kier alpha value is -2.30. The molecule has 1 aliphatic heterocycles. The third kappa shape index (κ3) is 5.05. The number of unbranched alkanes of at least 4 members (excludes halogenated alkanes) is 4. The Labute approximate surface area is 180 Å². The highest BCUT2D eigenvalue weighted by Crippen LogP contribution is 2.33. The summed E-state index contributed by atoms with van der Waals surface area (Å²) in [5.74, 6) is -0.437. The van der Waals surface area contributed by atoms with Gasteiger partial charge in [0.05, 0.1) is 5.92 Å². The zero-order valence-corrected chi connectivity index (χ0v) is 19.2. The van der Waals surface area contributed by atoms with Gasteiger partial charge in [-0.3, -0.25) is 4.79 Å². The van der Waals surface area contributed by atoms with E-state index in [2.05, 4.69) is 36.7 Å². The Kier molecular flexibility index (Phi) is 6.89. The van der Waals surface area contributed by atoms with Crippen molar-refractivity contribution in [1.82, 2.24) is 9.47 Å². The maximum atomic E-state index is 13.0. The monoisotopic (exact) mass is 412 g/mol. The van der Waals surface area contributed by atoms with Gasteiger partial charge in [-0.25, -0.2) is 9.69 Å². The molecule has 2 heterocycles. The van der Waals surface area contributed by atoms with Crippen molar-refractivity contribution in [3.63, 3.8) is 0 Å². The highest BCUT2D eigenvalue weighted by Gasteiger charge is 2.38. The number of aromatic nitrogens is 1. The van der Waals surface area contributed by atoms with Gasteiger partial charge in [0.2, 0.25) is 5.91 Å². The number of ether oxygens (including phenoxy) is 1. The highest BCUT2D eigenvalue weighted by atomic mass is 16.6. The average molecular weight is 413 g/mol. The summed E-state index contributed by atoms with van der Waals surface area (Å²) in [5.41, 5.74) is 2.83. The summed E-state index contributed by atoms with van der Waals surface area (Å²) in [6.07, 6.45) is 8.58. The summed E-state index contributed by atoms with van der Waals surface area (Å²) in [5, 5.41) is 1.24. The molecule has 0 aliphatic carbocycles. The maximum absolute atomic E-state index is 13.0. The number of benzene rings is 1. The molecule has 3 rings (SSSR count). The number of imide groups is 1. The molecule has 1 saturated heterocycles. The standard InChI is InChI=1S/C25H36N2O3/c1-6-7-8-9-10-14-26-17-18(2)20-12-11-19(16-22(20)26)21-13-15-27(23(21)28)24(29)30-25(3,4)5/h11-12,16-17,21H,6-10,13-15H2,1-5H3. The van der Waals surface area contributed by atoms with Crippen LogP contribution in [0.15, 0.2) is 24.4 Å². The number of carbonyl (C=O) groups excluding carboxylic acids is 2. The van der Waals surface area contributed by atoms with E-state index in [9.17, 15) is 9.59 Å². The number of carbonyl (C=O) groups is 2. The van der Waals surface area contributed by atoms with Crippen molar-refractivity contribution in [3.8, 4) is 0 Å². The lowest BCUT2D eigenvalue weighted by molar-refractivity contribution is -0.128. The van der Waals surface area contributed by atoms with Crippen LogP contribution < -0.4 is 0 Å². The van der Waals surface area contributed by atoms with Crippen LogP contribution in [-0.4, -0.2) is 33.6 Å². The minimum atomic E-state index is -0.607. The predicted molar refractivity (Wildman–Crippen MR) is 121 cm³/mol. The molecule has 1 aromatic carbocycles. The summed E-state index contributed by atoms with van der Waals surface area (Å²) in [4.78, 5) is 26.6. The molecule has 0 radical (unpaired) electrons. The maximum Gasteiger partial charge on any atom is 0.417 e. The van der Waals surface area contributed by atoms with E-state index in [0.29, 0.717) is 13.0 Å². The molecule has 2 amide bonds. The van der Waals surface area contributed by atoms with Crippen LogP contribution in [0, 0.1) is 6.92 Å². The first-order valence-corrected chi connectivity index (χ1v) is 11.3. The van der Waals surface area contributed by atoms with Gasteiger partial charge in [0.1, 0.15) is 5.60 Å². The second kappa shape index (κ2) is 9.23. The van der Waals surface area contributed by atoms with Crippen LogP contribution in [0.25, 0.3) is 10.9 Å². The van der Waals surface area contributed by atoms with Gasteiger partial charge in [0.25, 0.3) is 0 Å². The molecule has 5 nitrogen and oxygen atoms in total. The fourth-order valence-corrected chi connectivity index (χ4v) is 4.27. The first-order chi connectivity index (χ1) is 14.2. The molecule has 164 valence electrons. The zero-order chi connectivity index (χ0) is 21.9. The van der Waals surface area contributed by atoms with Crippen LogP contribution in [0.1, 0.15) is 83.3 Å². The molecule has 1 unspecified atom stereocenters. The van der Waals surface area contributed by atoms with Crippen LogP contribution in [0.2, 0.25) is 0 Å². The largest absolute Gasteiger partial charge is 0.443 e. The van der Waals surface area contributed by atoms with Gasteiger partial charge in [0, 0.05) is 30.2 Å². The summed E-state index contributed by atoms with van der Waals surface area (Å²) in [6, 6.07) is 6.31. The smallest absolute Gasteiger partial charge is 0.417 e. The van der Waals surface area contributed by atoms with E-state index in [0.717, 1.165) is 12.1 Å². The van der Waals surface area contributed by atoms with Crippen LogP contribution in [0.5, 0.6) is 0 Å². The van der Waals surface area contributed by atoms with Gasteiger partial charge in [0.15, 0.2) is 0 Å². The first-order valence-electron chi connectivity index (χ1n) is 11.3. The lowest BCUT2D eigenvalue weighted by Crippen LogP contribution is -2.38. The third-order valence-electron chi connectivity index (χ3n) is 5.83. The molecule has 1 fully saturated rings. The van der Waals surface area contributed by atoms with E-state index in [-0.39, 0.29) is 11.8 Å². The number of nitrogens with zero attached hydrogens (tertiary/aromatic N) is 2. The first kappa shape index (κ1) is 22.4. The lowest BCUT2D eigenvalue weighted by atomic mass is 9.96. The van der Waals surface area contributed by atoms with E-state index in [4.69, 9.17) is 4.74 Å². The predicted octanol–water partition coefficient (Wildman–Crippen LogP) is 6.17. The molecule has 2 aromatic rings. The third-order valence-corrected chi connectivity index (χ3v) is 5.83. The highest BCUT2D eigenvalue weighted by molar-refractivity contribution is 5.98. The van der Waals surface area contributed by atoms with Crippen LogP contribution in [-0.2, 0) is 16.1 Å². The molecule has 0 saturated carbocycles. The van der Waals surface area contributed by atoms with Crippen molar-refractivity contribution in [2.45, 2.75) is 91.2 Å². The number of amides is 2. The minimum Gasteiger partial charge on any atom is -0.443 e. The van der Waals surface area contributed by atoms with E-state index >= 15 is 0 Å². The second-order valence-corrected chi connectivity index (χ2v) is 9.51. The fourth-order valence-electron chi connectivity index (χ4n) is 4.27. The molecular weight excluding hydrogens is 376 g/mol. The Morgan fingerprint density at radius 3 is 2.60 bits per heavy atom. The quantitative estimate of drug-likeness (QED) is 0.511. The Morgan fingerprint density at radius 2 is 1.90 bits per heavy atom. The minimum absolute atomic E-state index is 0.155. The number of hydrogen-bond donors (Lipinski definition) is 0. The van der Waals surface area contributed by atoms with Crippen molar-refractivity contribution in [2.75, 3.05) is 6.54 Å². The van der Waals surface area contributed by atoms with Crippen molar-refractivity contribution >= 4 is 22.9 Å². The van der Waals surface area contributed by atoms with Crippen LogP contribution in [0.3, 0.4) is 0 Å². The van der Waals surface area contributed by atoms with E-state index in [1.165, 1.54) is 53.5 Å². The second-order valence-electron chi connectivity index (χ2n) is 9.51. The summed E-state index contributed by atoms with van der Waals surface area (Å²) >= 11 is 0. The van der Waals surface area contributed by atoms with Gasteiger partial charge in [-0.2, -0.15) is 0 Å². The van der Waals surface area contributed by atoms with Crippen molar-refractivity contribution in [3.05, 3.63) is 35.5 Å². The molecule has 1 aliphatic rings. The number of fused-ring (bicyclic) bond motifs is 1. The van der Waals surface area contributed by atoms with Gasteiger partial charge < -0.3 is 9.30 Å². The number of rotatable bonds is 7. The zero-order valence-electron chi connectivity index (χ0n) is 19.2. The van der Waals surface area contributed by atoms with Crippen molar-refractivity contribution < 1.29 is 14.3 Å². The molecular formula is C25H36N2O3. The van der Waals surface area contributed by atoms with Crippen molar-refractivity contribution in [1.29, 1.82) is 0 Å². The molecule has 1 aromatic heterocycles. The average Bonchev–Trinajstić information content (AvgIpc) is 3.20. The SMILES string of the molecule is CCCCCCCn1cc(C)c2ccc(C3CCN(C(=O)OC(C)(C)C)C3=O)cc21. The number of hydrogen-bond acceptors (Lipinski definition) is 3. The molecule has 0 spiro atoms. The normalized spacial score (nSPS) is 17.2. The summed E-state index contributed by atoms with van der Waals surface area (Å²) < 4.78 is 7.73. The van der Waals surface area contributed by atoms with Gasteiger partial charge in [-0.1, -0.05) is 44.7 Å². The summed E-state index contributed by atoms with van der Waals surface area (Å²) in [6.45, 7) is 11.2. The van der Waals surface area contributed by atoms with E-state index in [1.54, 1.807) is 0 Å². The Bertz CT molecular complexity index is 907. The van der Waals surface area contributed by atoms with Crippen LogP contribution in [0.4, 0.5) is 4.79 Å².